The van der Waals surface area contributed by atoms with Crippen LogP contribution in [-0.2, 0) is 11.3 Å². The smallest absolute Gasteiger partial charge is 0.227 e. The zero-order valence-corrected chi connectivity index (χ0v) is 15.2. The lowest BCUT2D eigenvalue weighted by Crippen LogP contribution is -2.50. The van der Waals surface area contributed by atoms with E-state index in [1.54, 1.807) is 0 Å². The van der Waals surface area contributed by atoms with Crippen LogP contribution in [0, 0.1) is 23.5 Å². The van der Waals surface area contributed by atoms with E-state index in [4.69, 9.17) is 4.74 Å². The van der Waals surface area contributed by atoms with Gasteiger partial charge in [-0.25, -0.2) is 8.78 Å². The van der Waals surface area contributed by atoms with E-state index < -0.39 is 11.6 Å². The van der Waals surface area contributed by atoms with Gasteiger partial charge < -0.3 is 9.64 Å². The zero-order valence-electron chi connectivity index (χ0n) is 15.2. The molecule has 0 unspecified atom stereocenters. The van der Waals surface area contributed by atoms with Crippen LogP contribution in [0.5, 0.6) is 5.75 Å². The second kappa shape index (κ2) is 7.14. The fourth-order valence-corrected chi connectivity index (χ4v) is 4.59. The fourth-order valence-electron chi connectivity index (χ4n) is 4.59. The molecule has 1 amide bonds. The molecule has 6 heteroatoms. The highest BCUT2D eigenvalue weighted by atomic mass is 19.2. The summed E-state index contributed by atoms with van der Waals surface area (Å²) in [6.45, 7) is 2.46. The van der Waals surface area contributed by atoms with Crippen molar-refractivity contribution in [2.24, 2.45) is 11.8 Å². The van der Waals surface area contributed by atoms with Gasteiger partial charge in [0.1, 0.15) is 5.75 Å². The molecule has 1 aliphatic carbocycles. The van der Waals surface area contributed by atoms with Crippen LogP contribution in [0.15, 0.2) is 12.1 Å². The minimum absolute atomic E-state index is 0.0311. The Morgan fingerprint density at radius 2 is 1.96 bits per heavy atom. The highest BCUT2D eigenvalue weighted by Crippen LogP contribution is 2.35. The van der Waals surface area contributed by atoms with Crippen molar-refractivity contribution in [3.05, 3.63) is 29.3 Å². The van der Waals surface area contributed by atoms with Crippen molar-refractivity contribution < 1.29 is 18.3 Å². The van der Waals surface area contributed by atoms with Crippen molar-refractivity contribution >= 4 is 5.91 Å². The third kappa shape index (κ3) is 3.20. The fraction of sp³-hybridized carbons (Fsp3) is 0.650. The summed E-state index contributed by atoms with van der Waals surface area (Å²) in [5.74, 6) is -0.482. The number of nitrogens with zero attached hydrogens (tertiary/aromatic N) is 2. The molecule has 3 aliphatic heterocycles. The van der Waals surface area contributed by atoms with E-state index in [2.05, 4.69) is 9.80 Å². The molecule has 0 N–H and O–H groups in total. The number of benzene rings is 1. The Labute approximate surface area is 153 Å². The number of methoxy groups -OCH3 is 1. The Balaban J connectivity index is 1.53. The van der Waals surface area contributed by atoms with Gasteiger partial charge in [0.15, 0.2) is 11.6 Å². The molecule has 5 rings (SSSR count). The Morgan fingerprint density at radius 3 is 2.65 bits per heavy atom. The SMILES string of the molecule is COc1ccc(F)c(F)c1CN1C[C@H]2CC[C@@H](C1)N(CC1CCC1)C2=O. The average molecular weight is 364 g/mol. The quantitative estimate of drug-likeness (QED) is 0.804. The second-order valence-electron chi connectivity index (χ2n) is 7.95. The van der Waals surface area contributed by atoms with Crippen LogP contribution in [0.3, 0.4) is 0 Å². The van der Waals surface area contributed by atoms with Crippen molar-refractivity contribution in [3.8, 4) is 5.75 Å². The maximum atomic E-state index is 14.3. The number of halogens is 2. The Morgan fingerprint density at radius 1 is 1.15 bits per heavy atom. The van der Waals surface area contributed by atoms with E-state index in [1.165, 1.54) is 32.4 Å². The van der Waals surface area contributed by atoms with E-state index in [1.807, 2.05) is 0 Å². The number of hydrogen-bond acceptors (Lipinski definition) is 3. The monoisotopic (exact) mass is 364 g/mol. The number of amides is 1. The van der Waals surface area contributed by atoms with Gasteiger partial charge in [-0.15, -0.1) is 0 Å². The first-order valence-corrected chi connectivity index (χ1v) is 9.60. The second-order valence-corrected chi connectivity index (χ2v) is 7.95. The molecule has 2 atom stereocenters. The molecular weight excluding hydrogens is 338 g/mol. The van der Waals surface area contributed by atoms with Crippen LogP contribution in [0.1, 0.15) is 37.7 Å². The Hall–Kier alpha value is -1.69. The van der Waals surface area contributed by atoms with E-state index in [-0.39, 0.29) is 30.0 Å². The van der Waals surface area contributed by atoms with Crippen LogP contribution in [-0.4, -0.2) is 48.5 Å². The van der Waals surface area contributed by atoms with Gasteiger partial charge in [-0.05, 0) is 43.7 Å². The van der Waals surface area contributed by atoms with Gasteiger partial charge in [0.2, 0.25) is 5.91 Å². The van der Waals surface area contributed by atoms with Crippen molar-refractivity contribution in [3.63, 3.8) is 0 Å². The number of ether oxygens (including phenoxy) is 1. The summed E-state index contributed by atoms with van der Waals surface area (Å²) in [5.41, 5.74) is 0.242. The molecule has 4 fully saturated rings. The van der Waals surface area contributed by atoms with Crippen molar-refractivity contribution in [2.75, 3.05) is 26.7 Å². The summed E-state index contributed by atoms with van der Waals surface area (Å²) >= 11 is 0. The third-order valence-electron chi connectivity index (χ3n) is 6.30. The molecule has 26 heavy (non-hydrogen) atoms. The van der Waals surface area contributed by atoms with E-state index >= 15 is 0 Å². The minimum Gasteiger partial charge on any atom is -0.496 e. The molecule has 1 aromatic rings. The summed E-state index contributed by atoms with van der Waals surface area (Å²) in [7, 11) is 1.46. The standard InChI is InChI=1S/C20H26F2N2O2/c1-26-18-8-7-17(21)19(22)16(18)12-23-10-14-5-6-15(11-23)24(20(14)25)9-13-3-2-4-13/h7-8,13-15H,2-6,9-12H2,1H3/t14-,15+/m1/s1. The van der Waals surface area contributed by atoms with Gasteiger partial charge >= 0.3 is 0 Å². The lowest BCUT2D eigenvalue weighted by atomic mass is 9.83. The predicted octanol–water partition coefficient (Wildman–Crippen LogP) is 3.20. The molecule has 1 saturated carbocycles. The summed E-state index contributed by atoms with van der Waals surface area (Å²) in [6.07, 6.45) is 5.60. The predicted molar refractivity (Wildman–Crippen MR) is 93.8 cm³/mol. The largest absolute Gasteiger partial charge is 0.496 e. The molecule has 3 heterocycles. The summed E-state index contributed by atoms with van der Waals surface area (Å²) < 4.78 is 33.3. The van der Waals surface area contributed by atoms with Crippen molar-refractivity contribution in [1.82, 2.24) is 9.80 Å². The first-order chi connectivity index (χ1) is 12.6. The number of piperidine rings is 1. The molecular formula is C20H26F2N2O2. The maximum Gasteiger partial charge on any atom is 0.227 e. The molecule has 3 saturated heterocycles. The summed E-state index contributed by atoms with van der Waals surface area (Å²) in [6, 6.07) is 2.74. The number of fused-ring (bicyclic) bond motifs is 4. The highest BCUT2D eigenvalue weighted by molar-refractivity contribution is 5.80. The van der Waals surface area contributed by atoms with Gasteiger partial charge in [-0.3, -0.25) is 9.69 Å². The van der Waals surface area contributed by atoms with Crippen LogP contribution >= 0.6 is 0 Å². The molecule has 0 radical (unpaired) electrons. The van der Waals surface area contributed by atoms with Crippen LogP contribution in [0.2, 0.25) is 0 Å². The average Bonchev–Trinajstić information content (AvgIpc) is 2.86. The third-order valence-corrected chi connectivity index (χ3v) is 6.30. The number of hydrogen-bond donors (Lipinski definition) is 0. The molecule has 0 spiro atoms. The molecule has 2 bridgehead atoms. The van der Waals surface area contributed by atoms with Crippen molar-refractivity contribution in [1.29, 1.82) is 0 Å². The summed E-state index contributed by atoms with van der Waals surface area (Å²) in [5, 5.41) is 0. The normalized spacial score (nSPS) is 26.7. The van der Waals surface area contributed by atoms with Gasteiger partial charge in [-0.1, -0.05) is 6.42 Å². The lowest BCUT2D eigenvalue weighted by molar-refractivity contribution is -0.141. The number of carbonyl (C=O) groups excluding carboxylic acids is 1. The number of rotatable bonds is 5. The van der Waals surface area contributed by atoms with Crippen LogP contribution < -0.4 is 4.74 Å². The van der Waals surface area contributed by atoms with E-state index in [9.17, 15) is 13.6 Å². The Bertz CT molecular complexity index is 693. The topological polar surface area (TPSA) is 32.8 Å². The van der Waals surface area contributed by atoms with Crippen molar-refractivity contribution in [2.45, 2.75) is 44.7 Å². The minimum atomic E-state index is -0.860. The van der Waals surface area contributed by atoms with E-state index in [0.717, 1.165) is 25.5 Å². The first-order valence-electron chi connectivity index (χ1n) is 9.60. The van der Waals surface area contributed by atoms with Gasteiger partial charge in [0.25, 0.3) is 0 Å². The van der Waals surface area contributed by atoms with E-state index in [0.29, 0.717) is 24.8 Å². The van der Waals surface area contributed by atoms with Crippen LogP contribution in [0.25, 0.3) is 0 Å². The molecule has 4 aliphatic rings. The number of carbonyl (C=O) groups is 1. The van der Waals surface area contributed by atoms with Gasteiger partial charge in [0, 0.05) is 37.8 Å². The zero-order chi connectivity index (χ0) is 18.3. The Kier molecular flexibility index (Phi) is 4.86. The molecule has 1 aromatic carbocycles. The maximum absolute atomic E-state index is 14.3. The molecule has 4 nitrogen and oxygen atoms in total. The highest BCUT2D eigenvalue weighted by Gasteiger charge is 2.42. The summed E-state index contributed by atoms with van der Waals surface area (Å²) in [4.78, 5) is 17.0. The lowest BCUT2D eigenvalue weighted by Gasteiger charge is -2.40. The van der Waals surface area contributed by atoms with Crippen LogP contribution in [0.4, 0.5) is 8.78 Å². The molecule has 142 valence electrons. The molecule has 0 aromatic heterocycles. The van der Waals surface area contributed by atoms with Gasteiger partial charge in [0.05, 0.1) is 13.0 Å². The first kappa shape index (κ1) is 17.7. The van der Waals surface area contributed by atoms with Gasteiger partial charge in [-0.2, -0.15) is 0 Å².